The lowest BCUT2D eigenvalue weighted by atomic mass is 10.0. The van der Waals surface area contributed by atoms with Gasteiger partial charge in [0.25, 0.3) is 0 Å². The number of hydrogen-bond donors (Lipinski definition) is 1. The molecular weight excluding hydrogens is 350 g/mol. The van der Waals surface area contributed by atoms with Crippen molar-refractivity contribution < 1.29 is 9.84 Å². The van der Waals surface area contributed by atoms with E-state index < -0.39 is 0 Å². The topological polar surface area (TPSA) is 39.2 Å². The lowest BCUT2D eigenvalue weighted by molar-refractivity contribution is 0.0883. The molecule has 2 saturated heterocycles. The summed E-state index contributed by atoms with van der Waals surface area (Å²) in [6, 6.07) is 16.6. The molecule has 150 valence electrons. The Labute approximate surface area is 168 Å². The van der Waals surface area contributed by atoms with Crippen molar-refractivity contribution in [3.63, 3.8) is 0 Å². The van der Waals surface area contributed by atoms with Gasteiger partial charge in [-0.25, -0.2) is 0 Å². The molecule has 5 nitrogen and oxygen atoms in total. The van der Waals surface area contributed by atoms with Crippen molar-refractivity contribution in [3.8, 4) is 11.5 Å². The largest absolute Gasteiger partial charge is 0.508 e. The average molecular weight is 382 g/mol. The Bertz CT molecular complexity index is 774. The Balaban J connectivity index is 1.33. The van der Waals surface area contributed by atoms with Gasteiger partial charge >= 0.3 is 0 Å². The minimum atomic E-state index is 0.412. The van der Waals surface area contributed by atoms with Gasteiger partial charge in [-0.1, -0.05) is 30.3 Å². The first-order chi connectivity index (χ1) is 13.7. The number of nitrogens with zero attached hydrogens (tertiary/aromatic N) is 3. The zero-order chi connectivity index (χ0) is 19.3. The molecule has 0 unspecified atom stereocenters. The van der Waals surface area contributed by atoms with Gasteiger partial charge in [0.1, 0.15) is 11.5 Å². The van der Waals surface area contributed by atoms with Crippen LogP contribution in [-0.2, 0) is 6.54 Å². The lowest BCUT2D eigenvalue weighted by Gasteiger charge is -2.44. The van der Waals surface area contributed by atoms with E-state index in [1.165, 1.54) is 18.5 Å². The summed E-state index contributed by atoms with van der Waals surface area (Å²) in [4.78, 5) is 7.59. The van der Waals surface area contributed by atoms with Gasteiger partial charge in [0.15, 0.2) is 0 Å². The molecule has 2 heterocycles. The van der Waals surface area contributed by atoms with Gasteiger partial charge in [0.05, 0.1) is 12.8 Å². The average Bonchev–Trinajstić information content (AvgIpc) is 2.76. The molecule has 5 heteroatoms. The minimum absolute atomic E-state index is 0.412. The van der Waals surface area contributed by atoms with E-state index in [9.17, 15) is 5.11 Å². The van der Waals surface area contributed by atoms with Crippen LogP contribution in [0, 0.1) is 0 Å². The third kappa shape index (κ3) is 4.26. The number of rotatable bonds is 5. The molecule has 0 spiro atoms. The Morgan fingerprint density at radius 2 is 1.71 bits per heavy atom. The number of anilines is 1. The van der Waals surface area contributed by atoms with E-state index in [1.54, 1.807) is 13.2 Å². The summed E-state index contributed by atoms with van der Waals surface area (Å²) < 4.78 is 5.54. The fraction of sp³-hybridized carbons (Fsp3) is 0.478. The maximum Gasteiger partial charge on any atom is 0.142 e. The Kier molecular flexibility index (Phi) is 6.03. The number of phenols is 1. The molecule has 2 aromatic rings. The van der Waals surface area contributed by atoms with E-state index in [1.807, 2.05) is 30.3 Å². The van der Waals surface area contributed by atoms with Crippen molar-refractivity contribution in [2.45, 2.75) is 25.4 Å². The molecule has 2 aromatic carbocycles. The maximum atomic E-state index is 10.1. The third-order valence-corrected chi connectivity index (χ3v) is 6.12. The van der Waals surface area contributed by atoms with Gasteiger partial charge in [-0.15, -0.1) is 0 Å². The third-order valence-electron chi connectivity index (χ3n) is 6.12. The number of piperazine rings is 1. The van der Waals surface area contributed by atoms with Gasteiger partial charge < -0.3 is 14.7 Å². The number of piperidine rings is 1. The molecule has 1 N–H and O–H groups in total. The monoisotopic (exact) mass is 381 g/mol. The van der Waals surface area contributed by atoms with E-state index in [2.05, 4.69) is 26.8 Å². The minimum Gasteiger partial charge on any atom is -0.508 e. The molecule has 2 aliphatic heterocycles. The molecule has 1 atom stereocenters. The fourth-order valence-electron chi connectivity index (χ4n) is 4.58. The highest BCUT2D eigenvalue weighted by atomic mass is 16.5. The molecule has 0 aliphatic carbocycles. The Morgan fingerprint density at radius 1 is 0.964 bits per heavy atom. The normalized spacial score (nSPS) is 21.6. The first-order valence-corrected chi connectivity index (χ1v) is 10.4. The van der Waals surface area contributed by atoms with Crippen molar-refractivity contribution in [1.82, 2.24) is 9.80 Å². The zero-order valence-corrected chi connectivity index (χ0v) is 16.8. The number of phenolic OH excluding ortho intramolecular Hbond substituents is 1. The van der Waals surface area contributed by atoms with Gasteiger partial charge in [-0.2, -0.15) is 0 Å². The van der Waals surface area contributed by atoms with Crippen LogP contribution in [0.2, 0.25) is 0 Å². The highest BCUT2D eigenvalue weighted by molar-refractivity contribution is 5.58. The smallest absolute Gasteiger partial charge is 0.142 e. The number of hydrogen-bond acceptors (Lipinski definition) is 5. The summed E-state index contributed by atoms with van der Waals surface area (Å²) in [6.45, 7) is 7.30. The number of benzene rings is 2. The molecule has 2 fully saturated rings. The van der Waals surface area contributed by atoms with Crippen molar-refractivity contribution in [2.75, 3.05) is 51.3 Å². The highest BCUT2D eigenvalue weighted by Crippen LogP contribution is 2.29. The van der Waals surface area contributed by atoms with Crippen LogP contribution in [-0.4, -0.2) is 67.3 Å². The summed E-state index contributed by atoms with van der Waals surface area (Å²) in [6.07, 6.45) is 2.50. The van der Waals surface area contributed by atoms with Crippen LogP contribution < -0.4 is 9.64 Å². The van der Waals surface area contributed by atoms with Crippen LogP contribution in [0.15, 0.2) is 48.5 Å². The van der Waals surface area contributed by atoms with Gasteiger partial charge in [0, 0.05) is 50.9 Å². The number of ether oxygens (including phenoxy) is 1. The number of methoxy groups -OCH3 is 1. The van der Waals surface area contributed by atoms with Crippen LogP contribution in [0.3, 0.4) is 0 Å². The summed E-state index contributed by atoms with van der Waals surface area (Å²) in [7, 11) is 1.75. The quantitative estimate of drug-likeness (QED) is 0.861. The van der Waals surface area contributed by atoms with Crippen molar-refractivity contribution in [3.05, 3.63) is 54.1 Å². The molecular formula is C23H31N3O2. The van der Waals surface area contributed by atoms with E-state index in [0.717, 1.165) is 57.1 Å². The fourth-order valence-corrected chi connectivity index (χ4v) is 4.58. The first-order valence-electron chi connectivity index (χ1n) is 10.4. The van der Waals surface area contributed by atoms with E-state index in [0.29, 0.717) is 11.8 Å². The zero-order valence-electron chi connectivity index (χ0n) is 16.8. The SMILES string of the molecule is COc1ccccc1N1CCN([C@@H]2CCCN(Cc3ccccc3O)C2)CC1. The molecule has 0 aromatic heterocycles. The summed E-state index contributed by atoms with van der Waals surface area (Å²) >= 11 is 0. The molecule has 4 rings (SSSR count). The highest BCUT2D eigenvalue weighted by Gasteiger charge is 2.29. The van der Waals surface area contributed by atoms with Gasteiger partial charge in [0.2, 0.25) is 0 Å². The number of likely N-dealkylation sites (tertiary alicyclic amines) is 1. The van der Waals surface area contributed by atoms with E-state index >= 15 is 0 Å². The van der Waals surface area contributed by atoms with E-state index in [4.69, 9.17) is 4.74 Å². The Morgan fingerprint density at radius 3 is 2.50 bits per heavy atom. The first kappa shape index (κ1) is 19.1. The van der Waals surface area contributed by atoms with Crippen molar-refractivity contribution >= 4 is 5.69 Å². The van der Waals surface area contributed by atoms with Crippen LogP contribution in [0.4, 0.5) is 5.69 Å². The summed E-state index contributed by atoms with van der Waals surface area (Å²) in [5.74, 6) is 1.37. The van der Waals surface area contributed by atoms with Crippen molar-refractivity contribution in [1.29, 1.82) is 0 Å². The second-order valence-electron chi connectivity index (χ2n) is 7.85. The van der Waals surface area contributed by atoms with Gasteiger partial charge in [-0.05, 0) is 37.6 Å². The molecule has 2 aliphatic rings. The number of para-hydroxylation sites is 3. The molecule has 28 heavy (non-hydrogen) atoms. The second-order valence-corrected chi connectivity index (χ2v) is 7.85. The number of aromatic hydroxyl groups is 1. The molecule has 0 radical (unpaired) electrons. The molecule has 0 bridgehead atoms. The van der Waals surface area contributed by atoms with E-state index in [-0.39, 0.29) is 0 Å². The Hall–Kier alpha value is -2.24. The standard InChI is InChI=1S/C23H31N3O2/c1-28-23-11-5-3-9-21(23)26-15-13-25(14-16-26)20-8-6-12-24(18-20)17-19-7-2-4-10-22(19)27/h2-5,7,9-11,20,27H,6,8,12-18H2,1H3/t20-/m1/s1. The second kappa shape index (κ2) is 8.84. The van der Waals surface area contributed by atoms with Crippen LogP contribution >= 0.6 is 0 Å². The van der Waals surface area contributed by atoms with Crippen LogP contribution in [0.1, 0.15) is 18.4 Å². The lowest BCUT2D eigenvalue weighted by Crippen LogP contribution is -2.55. The predicted molar refractivity (Wildman–Crippen MR) is 113 cm³/mol. The van der Waals surface area contributed by atoms with Crippen LogP contribution in [0.5, 0.6) is 11.5 Å². The van der Waals surface area contributed by atoms with Crippen LogP contribution in [0.25, 0.3) is 0 Å². The summed E-state index contributed by atoms with van der Waals surface area (Å²) in [5, 5.41) is 10.1. The maximum absolute atomic E-state index is 10.1. The van der Waals surface area contributed by atoms with Crippen molar-refractivity contribution in [2.24, 2.45) is 0 Å². The molecule has 0 amide bonds. The summed E-state index contributed by atoms with van der Waals surface area (Å²) in [5.41, 5.74) is 2.23. The van der Waals surface area contributed by atoms with Gasteiger partial charge in [-0.3, -0.25) is 9.80 Å². The molecule has 0 saturated carbocycles. The predicted octanol–water partition coefficient (Wildman–Crippen LogP) is 3.19.